The molecule has 1 atom stereocenters. The molecule has 0 bridgehead atoms. The molecule has 1 aliphatic heterocycles. The van der Waals surface area contributed by atoms with Crippen molar-refractivity contribution in [2.75, 3.05) is 18.4 Å². The van der Waals surface area contributed by atoms with Crippen molar-refractivity contribution in [2.45, 2.75) is 45.6 Å². The minimum absolute atomic E-state index is 0.186. The van der Waals surface area contributed by atoms with Gasteiger partial charge in [-0.25, -0.2) is 0 Å². The first-order chi connectivity index (χ1) is 9.58. The quantitative estimate of drug-likeness (QED) is 0.918. The van der Waals surface area contributed by atoms with Gasteiger partial charge in [-0.2, -0.15) is 0 Å². The highest BCUT2D eigenvalue weighted by molar-refractivity contribution is 6.30. The minimum atomic E-state index is -0.217. The van der Waals surface area contributed by atoms with Crippen molar-refractivity contribution >= 4 is 23.2 Å². The van der Waals surface area contributed by atoms with Gasteiger partial charge in [-0.05, 0) is 44.4 Å². The molecule has 3 nitrogen and oxygen atoms in total. The third-order valence-corrected chi connectivity index (χ3v) is 4.09. The molecular formula is C16H23ClN2O. The molecule has 2 rings (SSSR count). The Bertz CT molecular complexity index is 468. The summed E-state index contributed by atoms with van der Waals surface area (Å²) in [6.45, 7) is 5.72. The monoisotopic (exact) mass is 294 g/mol. The van der Waals surface area contributed by atoms with Gasteiger partial charge in [0.05, 0.1) is 0 Å². The van der Waals surface area contributed by atoms with Crippen LogP contribution in [0.1, 0.15) is 38.2 Å². The summed E-state index contributed by atoms with van der Waals surface area (Å²) in [7, 11) is 0. The summed E-state index contributed by atoms with van der Waals surface area (Å²) in [5, 5.41) is 3.98. The Kier molecular flexibility index (Phi) is 5.30. The fourth-order valence-electron chi connectivity index (χ4n) is 2.61. The van der Waals surface area contributed by atoms with Gasteiger partial charge in [0.1, 0.15) is 6.04 Å². The first-order valence-corrected chi connectivity index (χ1v) is 7.77. The van der Waals surface area contributed by atoms with Crippen LogP contribution in [-0.4, -0.2) is 29.9 Å². The molecule has 1 amide bonds. The predicted molar refractivity (Wildman–Crippen MR) is 84.3 cm³/mol. The van der Waals surface area contributed by atoms with Crippen molar-refractivity contribution in [3.8, 4) is 0 Å². The Morgan fingerprint density at radius 1 is 1.25 bits per heavy atom. The Morgan fingerprint density at radius 2 is 1.90 bits per heavy atom. The molecule has 1 heterocycles. The summed E-state index contributed by atoms with van der Waals surface area (Å²) in [6.07, 6.45) is 4.71. The summed E-state index contributed by atoms with van der Waals surface area (Å²) >= 11 is 6.01. The van der Waals surface area contributed by atoms with Crippen LogP contribution in [0.3, 0.4) is 0 Å². The van der Waals surface area contributed by atoms with Crippen molar-refractivity contribution in [3.05, 3.63) is 28.8 Å². The maximum Gasteiger partial charge on any atom is 0.244 e. The van der Waals surface area contributed by atoms with Crippen molar-refractivity contribution in [1.82, 2.24) is 4.90 Å². The summed E-state index contributed by atoms with van der Waals surface area (Å²) in [6, 6.07) is 5.49. The van der Waals surface area contributed by atoms with E-state index < -0.39 is 0 Å². The highest BCUT2D eigenvalue weighted by Gasteiger charge is 2.21. The number of amides is 1. The first-order valence-electron chi connectivity index (χ1n) is 7.39. The second-order valence-corrected chi connectivity index (χ2v) is 6.00. The molecule has 1 aromatic carbocycles. The SMILES string of the molecule is Cc1ccc(Cl)cc1NC(C)C(=O)N1CCCCCC1. The summed E-state index contributed by atoms with van der Waals surface area (Å²) < 4.78 is 0. The molecule has 20 heavy (non-hydrogen) atoms. The number of anilines is 1. The molecular weight excluding hydrogens is 272 g/mol. The standard InChI is InChI=1S/C16H23ClN2O/c1-12-7-8-14(17)11-15(12)18-13(2)16(20)19-9-5-3-4-6-10-19/h7-8,11,13,18H,3-6,9-10H2,1-2H3. The van der Waals surface area contributed by atoms with E-state index in [1.807, 2.05) is 36.9 Å². The fourth-order valence-corrected chi connectivity index (χ4v) is 2.78. The van der Waals surface area contributed by atoms with E-state index in [1.54, 1.807) is 0 Å². The molecule has 0 aromatic heterocycles. The zero-order chi connectivity index (χ0) is 14.5. The van der Waals surface area contributed by atoms with Crippen LogP contribution in [0.25, 0.3) is 0 Å². The summed E-state index contributed by atoms with van der Waals surface area (Å²) in [4.78, 5) is 14.5. The smallest absolute Gasteiger partial charge is 0.244 e. The van der Waals surface area contributed by atoms with Gasteiger partial charge in [0.15, 0.2) is 0 Å². The highest BCUT2D eigenvalue weighted by atomic mass is 35.5. The van der Waals surface area contributed by atoms with E-state index in [1.165, 1.54) is 12.8 Å². The van der Waals surface area contributed by atoms with E-state index in [0.29, 0.717) is 5.02 Å². The number of carbonyl (C=O) groups is 1. The Labute approximate surface area is 126 Å². The largest absolute Gasteiger partial charge is 0.374 e. The van der Waals surface area contributed by atoms with E-state index in [2.05, 4.69) is 5.32 Å². The van der Waals surface area contributed by atoms with Crippen LogP contribution in [0.15, 0.2) is 18.2 Å². The molecule has 0 spiro atoms. The zero-order valence-electron chi connectivity index (χ0n) is 12.3. The lowest BCUT2D eigenvalue weighted by Gasteiger charge is -2.25. The average molecular weight is 295 g/mol. The minimum Gasteiger partial charge on any atom is -0.374 e. The third kappa shape index (κ3) is 3.89. The lowest BCUT2D eigenvalue weighted by molar-refractivity contribution is -0.131. The molecule has 0 aliphatic carbocycles. The zero-order valence-corrected chi connectivity index (χ0v) is 13.0. The van der Waals surface area contributed by atoms with E-state index in [4.69, 9.17) is 11.6 Å². The van der Waals surface area contributed by atoms with Crippen LogP contribution >= 0.6 is 11.6 Å². The van der Waals surface area contributed by atoms with Gasteiger partial charge in [-0.15, -0.1) is 0 Å². The number of aryl methyl sites for hydroxylation is 1. The van der Waals surface area contributed by atoms with Crippen LogP contribution in [0, 0.1) is 6.92 Å². The number of nitrogens with one attached hydrogen (secondary N) is 1. The third-order valence-electron chi connectivity index (χ3n) is 3.86. The average Bonchev–Trinajstić information content (AvgIpc) is 2.71. The maximum absolute atomic E-state index is 12.5. The van der Waals surface area contributed by atoms with Crippen LogP contribution in [0.2, 0.25) is 5.02 Å². The number of likely N-dealkylation sites (tertiary alicyclic amines) is 1. The van der Waals surface area contributed by atoms with Crippen LogP contribution < -0.4 is 5.32 Å². The number of nitrogens with zero attached hydrogens (tertiary/aromatic N) is 1. The van der Waals surface area contributed by atoms with Crippen LogP contribution in [0.5, 0.6) is 0 Å². The highest BCUT2D eigenvalue weighted by Crippen LogP contribution is 2.21. The van der Waals surface area contributed by atoms with Crippen molar-refractivity contribution in [1.29, 1.82) is 0 Å². The number of halogens is 1. The van der Waals surface area contributed by atoms with Gasteiger partial charge in [0.25, 0.3) is 0 Å². The second-order valence-electron chi connectivity index (χ2n) is 5.56. The van der Waals surface area contributed by atoms with E-state index in [-0.39, 0.29) is 11.9 Å². The molecule has 1 saturated heterocycles. The Morgan fingerprint density at radius 3 is 2.55 bits per heavy atom. The summed E-state index contributed by atoms with van der Waals surface area (Å²) in [5.74, 6) is 0.186. The number of benzene rings is 1. The molecule has 0 saturated carbocycles. The van der Waals surface area contributed by atoms with Gasteiger partial charge >= 0.3 is 0 Å². The molecule has 1 aliphatic rings. The number of carbonyl (C=O) groups excluding carboxylic acids is 1. The Hall–Kier alpha value is -1.22. The molecule has 1 unspecified atom stereocenters. The van der Waals surface area contributed by atoms with E-state index in [9.17, 15) is 4.79 Å². The topological polar surface area (TPSA) is 32.3 Å². The van der Waals surface area contributed by atoms with Gasteiger partial charge in [0.2, 0.25) is 5.91 Å². The van der Waals surface area contributed by atoms with Gasteiger partial charge in [0, 0.05) is 23.8 Å². The van der Waals surface area contributed by atoms with E-state index in [0.717, 1.165) is 37.2 Å². The van der Waals surface area contributed by atoms with Gasteiger partial charge in [-0.1, -0.05) is 30.5 Å². The van der Waals surface area contributed by atoms with Gasteiger partial charge < -0.3 is 10.2 Å². The van der Waals surface area contributed by atoms with Gasteiger partial charge in [-0.3, -0.25) is 4.79 Å². The van der Waals surface area contributed by atoms with Crippen molar-refractivity contribution < 1.29 is 4.79 Å². The molecule has 0 radical (unpaired) electrons. The van der Waals surface area contributed by atoms with Crippen LogP contribution in [-0.2, 0) is 4.79 Å². The number of hydrogen-bond donors (Lipinski definition) is 1. The fraction of sp³-hybridized carbons (Fsp3) is 0.562. The normalized spacial score (nSPS) is 17.4. The lowest BCUT2D eigenvalue weighted by Crippen LogP contribution is -2.41. The molecule has 110 valence electrons. The lowest BCUT2D eigenvalue weighted by atomic mass is 10.1. The molecule has 4 heteroatoms. The Balaban J connectivity index is 2.01. The summed E-state index contributed by atoms with van der Waals surface area (Å²) in [5.41, 5.74) is 2.04. The second kappa shape index (κ2) is 6.98. The van der Waals surface area contributed by atoms with Crippen molar-refractivity contribution in [2.24, 2.45) is 0 Å². The van der Waals surface area contributed by atoms with Crippen molar-refractivity contribution in [3.63, 3.8) is 0 Å². The maximum atomic E-state index is 12.5. The first kappa shape index (κ1) is 15.2. The molecule has 1 N–H and O–H groups in total. The van der Waals surface area contributed by atoms with Crippen LogP contribution in [0.4, 0.5) is 5.69 Å². The number of rotatable bonds is 3. The molecule has 1 fully saturated rings. The number of hydrogen-bond acceptors (Lipinski definition) is 2. The van der Waals surface area contributed by atoms with E-state index >= 15 is 0 Å². The predicted octanol–water partition coefficient (Wildman–Crippen LogP) is 3.85. The molecule has 1 aromatic rings.